The van der Waals surface area contributed by atoms with Crippen LogP contribution in [0.3, 0.4) is 0 Å². The maximum Gasteiger partial charge on any atom is 0.192 e. The molecule has 26 heavy (non-hydrogen) atoms. The quantitative estimate of drug-likeness (QED) is 0.745. The van der Waals surface area contributed by atoms with Gasteiger partial charge in [0.25, 0.3) is 0 Å². The van der Waals surface area contributed by atoms with Crippen molar-refractivity contribution in [3.63, 3.8) is 0 Å². The minimum Gasteiger partial charge on any atom is -0.261 e. The second-order valence-corrected chi connectivity index (χ2v) is 10.9. The molecule has 0 saturated heterocycles. The fraction of sp³-hybridized carbons (Fsp3) is 0.444. The molecule has 0 aromatic carbocycles. The van der Waals surface area contributed by atoms with Gasteiger partial charge in [-0.2, -0.15) is 0 Å². The second kappa shape index (κ2) is 7.44. The van der Waals surface area contributed by atoms with E-state index in [-0.39, 0.29) is 16.9 Å². The Hall–Kier alpha value is -1.80. The summed E-state index contributed by atoms with van der Waals surface area (Å²) in [7, 11) is -6.67. The first kappa shape index (κ1) is 20.5. The van der Waals surface area contributed by atoms with E-state index in [1.54, 1.807) is 24.5 Å². The van der Waals surface area contributed by atoms with Gasteiger partial charge in [-0.05, 0) is 41.5 Å². The summed E-state index contributed by atoms with van der Waals surface area (Å²) in [5.74, 6) is 0.0763. The van der Waals surface area contributed by atoms with Crippen LogP contribution in [0.5, 0.6) is 0 Å². The number of pyridine rings is 2. The maximum atomic E-state index is 12.1. The third-order valence-corrected chi connectivity index (χ3v) is 6.35. The Bertz CT molecular complexity index is 996. The van der Waals surface area contributed by atoms with Gasteiger partial charge in [-0.3, -0.25) is 4.98 Å². The highest BCUT2D eigenvalue weighted by molar-refractivity contribution is 7.91. The van der Waals surface area contributed by atoms with Crippen molar-refractivity contribution < 1.29 is 16.8 Å². The summed E-state index contributed by atoms with van der Waals surface area (Å²) in [5, 5.41) is 0.0345. The highest BCUT2D eigenvalue weighted by atomic mass is 32.2. The van der Waals surface area contributed by atoms with E-state index in [2.05, 4.69) is 9.97 Å². The first-order valence-electron chi connectivity index (χ1n) is 8.24. The normalized spacial score (nSPS) is 13.8. The van der Waals surface area contributed by atoms with Gasteiger partial charge in [-0.25, -0.2) is 21.8 Å². The van der Waals surface area contributed by atoms with Crippen molar-refractivity contribution in [1.82, 2.24) is 9.97 Å². The van der Waals surface area contributed by atoms with Gasteiger partial charge < -0.3 is 0 Å². The molecule has 0 N–H and O–H groups in total. The Morgan fingerprint density at radius 1 is 0.923 bits per heavy atom. The maximum absolute atomic E-state index is 12.1. The lowest BCUT2D eigenvalue weighted by Crippen LogP contribution is -2.09. The number of hydrogen-bond donors (Lipinski definition) is 0. The minimum atomic E-state index is -3.34. The molecule has 0 aliphatic carbocycles. The Balaban J connectivity index is 2.30. The summed E-state index contributed by atoms with van der Waals surface area (Å²) in [5.41, 5.74) is 2.26. The molecule has 0 fully saturated rings. The van der Waals surface area contributed by atoms with Crippen molar-refractivity contribution in [1.29, 1.82) is 0 Å². The van der Waals surface area contributed by atoms with E-state index in [4.69, 9.17) is 0 Å². The zero-order chi connectivity index (χ0) is 19.7. The minimum absolute atomic E-state index is 0.0147. The van der Waals surface area contributed by atoms with E-state index in [0.29, 0.717) is 22.6 Å². The smallest absolute Gasteiger partial charge is 0.192 e. The van der Waals surface area contributed by atoms with Crippen molar-refractivity contribution in [3.05, 3.63) is 47.4 Å². The molecule has 2 heterocycles. The lowest BCUT2D eigenvalue weighted by molar-refractivity contribution is 0.597. The van der Waals surface area contributed by atoms with E-state index in [1.165, 1.54) is 12.3 Å². The average molecular weight is 397 g/mol. The first-order chi connectivity index (χ1) is 11.9. The van der Waals surface area contributed by atoms with Crippen molar-refractivity contribution in [2.75, 3.05) is 12.5 Å². The van der Waals surface area contributed by atoms with E-state index in [9.17, 15) is 16.8 Å². The van der Waals surface area contributed by atoms with E-state index >= 15 is 0 Å². The van der Waals surface area contributed by atoms with Crippen LogP contribution in [0.2, 0.25) is 0 Å². The second-order valence-electron chi connectivity index (χ2n) is 6.95. The molecule has 0 aliphatic rings. The summed E-state index contributed by atoms with van der Waals surface area (Å²) < 4.78 is 47.2. The lowest BCUT2D eigenvalue weighted by atomic mass is 9.97. The molecule has 0 spiro atoms. The molecule has 0 aliphatic heterocycles. The largest absolute Gasteiger partial charge is 0.261 e. The predicted octanol–water partition coefficient (Wildman–Crippen LogP) is 2.75. The fourth-order valence-electron chi connectivity index (χ4n) is 2.69. The molecule has 1 atom stereocenters. The Labute approximate surface area is 155 Å². The van der Waals surface area contributed by atoms with E-state index in [0.717, 1.165) is 11.8 Å². The molecule has 0 bridgehead atoms. The van der Waals surface area contributed by atoms with E-state index < -0.39 is 19.7 Å². The van der Waals surface area contributed by atoms with Crippen LogP contribution < -0.4 is 0 Å². The first-order valence-corrected chi connectivity index (χ1v) is 12.0. The standard InChI is InChI=1S/C18H24N2O4S2/c1-12(2)16-11-19-15(9-17(16)25(4,21)22)8-13(3)14-6-7-18(20-10-14)26(5,23)24/h6-7,9-13H,8H2,1-5H3/t13-/m0/s1. The van der Waals surface area contributed by atoms with Gasteiger partial charge in [-0.15, -0.1) is 0 Å². The van der Waals surface area contributed by atoms with Crippen LogP contribution in [-0.4, -0.2) is 39.3 Å². The molecular formula is C18H24N2O4S2. The Morgan fingerprint density at radius 3 is 2.04 bits per heavy atom. The molecule has 0 radical (unpaired) electrons. The van der Waals surface area contributed by atoms with Crippen molar-refractivity contribution in [2.45, 2.75) is 48.9 Å². The number of nitrogens with zero attached hydrogens (tertiary/aromatic N) is 2. The topological polar surface area (TPSA) is 94.1 Å². The van der Waals surface area contributed by atoms with Gasteiger partial charge in [0.2, 0.25) is 0 Å². The number of aromatic nitrogens is 2. The molecule has 2 rings (SSSR count). The van der Waals surface area contributed by atoms with Crippen LogP contribution in [0, 0.1) is 0 Å². The third kappa shape index (κ3) is 4.88. The highest BCUT2D eigenvalue weighted by Crippen LogP contribution is 2.26. The Morgan fingerprint density at radius 2 is 1.58 bits per heavy atom. The monoisotopic (exact) mass is 396 g/mol. The number of sulfone groups is 2. The van der Waals surface area contributed by atoms with E-state index in [1.807, 2.05) is 20.8 Å². The van der Waals surface area contributed by atoms with Crippen LogP contribution in [-0.2, 0) is 26.1 Å². The van der Waals surface area contributed by atoms with Gasteiger partial charge in [0.05, 0.1) is 4.90 Å². The van der Waals surface area contributed by atoms with Gasteiger partial charge >= 0.3 is 0 Å². The average Bonchev–Trinajstić information content (AvgIpc) is 2.53. The molecule has 142 valence electrons. The molecule has 8 heteroatoms. The van der Waals surface area contributed by atoms with Crippen LogP contribution in [0.4, 0.5) is 0 Å². The summed E-state index contributed by atoms with van der Waals surface area (Å²) in [4.78, 5) is 8.73. The van der Waals surface area contributed by atoms with Crippen LogP contribution in [0.1, 0.15) is 49.4 Å². The molecule has 0 unspecified atom stereocenters. The molecule has 2 aromatic rings. The zero-order valence-electron chi connectivity index (χ0n) is 15.6. The predicted molar refractivity (Wildman–Crippen MR) is 101 cm³/mol. The van der Waals surface area contributed by atoms with Crippen LogP contribution in [0.25, 0.3) is 0 Å². The summed E-state index contributed by atoms with van der Waals surface area (Å²) in [6, 6.07) is 4.85. The number of hydrogen-bond acceptors (Lipinski definition) is 6. The van der Waals surface area contributed by atoms with Crippen molar-refractivity contribution >= 4 is 19.7 Å². The fourth-order valence-corrected chi connectivity index (χ4v) is 4.31. The third-order valence-electron chi connectivity index (χ3n) is 4.20. The lowest BCUT2D eigenvalue weighted by Gasteiger charge is -2.15. The summed E-state index contributed by atoms with van der Waals surface area (Å²) in [6.07, 6.45) is 6.02. The van der Waals surface area contributed by atoms with Crippen molar-refractivity contribution in [3.8, 4) is 0 Å². The van der Waals surface area contributed by atoms with Gasteiger partial charge in [0, 0.05) is 30.6 Å². The van der Waals surface area contributed by atoms with Crippen LogP contribution >= 0.6 is 0 Å². The molecule has 2 aromatic heterocycles. The number of rotatable bonds is 6. The van der Waals surface area contributed by atoms with Gasteiger partial charge in [-0.1, -0.05) is 26.8 Å². The summed E-state index contributed by atoms with van der Waals surface area (Å²) in [6.45, 7) is 5.83. The highest BCUT2D eigenvalue weighted by Gasteiger charge is 2.19. The zero-order valence-corrected chi connectivity index (χ0v) is 17.2. The van der Waals surface area contributed by atoms with Gasteiger partial charge in [0.1, 0.15) is 0 Å². The summed E-state index contributed by atoms with van der Waals surface area (Å²) >= 11 is 0. The van der Waals surface area contributed by atoms with Crippen molar-refractivity contribution in [2.24, 2.45) is 0 Å². The SMILES string of the molecule is CC(C)c1cnc(C[C@H](C)c2ccc(S(C)(=O)=O)nc2)cc1S(C)(=O)=O. The van der Waals surface area contributed by atoms with Gasteiger partial charge in [0.15, 0.2) is 24.7 Å². The van der Waals surface area contributed by atoms with Crippen LogP contribution in [0.15, 0.2) is 40.5 Å². The Kier molecular flexibility index (Phi) is 5.87. The molecule has 6 nitrogen and oxygen atoms in total. The molecular weight excluding hydrogens is 372 g/mol. The molecule has 0 amide bonds. The molecule has 0 saturated carbocycles.